The van der Waals surface area contributed by atoms with E-state index in [2.05, 4.69) is 41.7 Å². The van der Waals surface area contributed by atoms with Crippen molar-refractivity contribution in [2.75, 3.05) is 11.9 Å². The van der Waals surface area contributed by atoms with Crippen molar-refractivity contribution in [2.45, 2.75) is 25.8 Å². The molecule has 0 radical (unpaired) electrons. The van der Waals surface area contributed by atoms with E-state index in [0.29, 0.717) is 13.0 Å². The van der Waals surface area contributed by atoms with Crippen LogP contribution in [0.2, 0.25) is 0 Å². The van der Waals surface area contributed by atoms with E-state index in [1.807, 2.05) is 53.2 Å². The molecule has 5 heteroatoms. The minimum atomic E-state index is -0.789. The van der Waals surface area contributed by atoms with E-state index in [0.717, 1.165) is 40.8 Å². The van der Waals surface area contributed by atoms with Gasteiger partial charge in [0.05, 0.1) is 11.9 Å². The molecule has 5 nitrogen and oxygen atoms in total. The highest BCUT2D eigenvalue weighted by Gasteiger charge is 2.20. The van der Waals surface area contributed by atoms with Crippen LogP contribution in [0.15, 0.2) is 84.9 Å². The molecule has 0 atom stereocenters. The SMILES string of the molecule is O=C(O)CCC[n+]1nc(-c2ccccc2)c2ccccc2c1NCCc1ccccc1. The summed E-state index contributed by atoms with van der Waals surface area (Å²) >= 11 is 0. The van der Waals surface area contributed by atoms with Gasteiger partial charge >= 0.3 is 11.8 Å². The van der Waals surface area contributed by atoms with E-state index < -0.39 is 5.97 Å². The van der Waals surface area contributed by atoms with Crippen LogP contribution in [0.1, 0.15) is 18.4 Å². The number of fused-ring (bicyclic) bond motifs is 1. The molecule has 156 valence electrons. The molecule has 2 N–H and O–H groups in total. The second kappa shape index (κ2) is 9.85. The van der Waals surface area contributed by atoms with Crippen molar-refractivity contribution < 1.29 is 14.6 Å². The zero-order valence-electron chi connectivity index (χ0n) is 17.4. The van der Waals surface area contributed by atoms with Gasteiger partial charge in [-0.2, -0.15) is 0 Å². The second-order valence-corrected chi connectivity index (χ2v) is 7.49. The molecule has 0 saturated carbocycles. The maximum atomic E-state index is 11.1. The summed E-state index contributed by atoms with van der Waals surface area (Å²) in [5.41, 5.74) is 3.22. The van der Waals surface area contributed by atoms with Gasteiger partial charge in [0.1, 0.15) is 12.2 Å². The van der Waals surface area contributed by atoms with Crippen molar-refractivity contribution in [2.24, 2.45) is 0 Å². The van der Waals surface area contributed by atoms with Gasteiger partial charge in [-0.3, -0.25) is 10.1 Å². The number of nitrogens with one attached hydrogen (secondary N) is 1. The third-order valence-electron chi connectivity index (χ3n) is 5.27. The lowest BCUT2D eigenvalue weighted by Crippen LogP contribution is -2.42. The van der Waals surface area contributed by atoms with Crippen LogP contribution in [0.4, 0.5) is 5.82 Å². The molecule has 0 spiro atoms. The first kappa shape index (κ1) is 20.5. The first-order valence-electron chi connectivity index (χ1n) is 10.6. The molecule has 1 heterocycles. The Morgan fingerprint density at radius 1 is 0.871 bits per heavy atom. The van der Waals surface area contributed by atoms with Gasteiger partial charge in [0.25, 0.3) is 0 Å². The Hall–Kier alpha value is -3.73. The molecule has 0 saturated heterocycles. The van der Waals surface area contributed by atoms with Gasteiger partial charge in [0.2, 0.25) is 0 Å². The minimum absolute atomic E-state index is 0.117. The van der Waals surface area contributed by atoms with Gasteiger partial charge in [-0.05, 0) is 18.1 Å². The van der Waals surface area contributed by atoms with Crippen molar-refractivity contribution in [1.82, 2.24) is 5.10 Å². The molecule has 0 unspecified atom stereocenters. The first-order valence-corrected chi connectivity index (χ1v) is 10.6. The van der Waals surface area contributed by atoms with Gasteiger partial charge in [0.15, 0.2) is 0 Å². The van der Waals surface area contributed by atoms with Crippen LogP contribution in [0.5, 0.6) is 0 Å². The van der Waals surface area contributed by atoms with Gasteiger partial charge < -0.3 is 5.11 Å². The van der Waals surface area contributed by atoms with E-state index in [-0.39, 0.29) is 6.42 Å². The topological polar surface area (TPSA) is 66.1 Å². The van der Waals surface area contributed by atoms with Crippen LogP contribution >= 0.6 is 0 Å². The molecule has 1 aromatic heterocycles. The van der Waals surface area contributed by atoms with Crippen molar-refractivity contribution >= 4 is 22.6 Å². The number of aryl methyl sites for hydroxylation is 1. The van der Waals surface area contributed by atoms with E-state index in [9.17, 15) is 4.79 Å². The fourth-order valence-corrected chi connectivity index (χ4v) is 3.77. The van der Waals surface area contributed by atoms with Crippen LogP contribution in [0.3, 0.4) is 0 Å². The molecule has 31 heavy (non-hydrogen) atoms. The van der Waals surface area contributed by atoms with E-state index in [1.165, 1.54) is 5.56 Å². The summed E-state index contributed by atoms with van der Waals surface area (Å²) in [6.07, 6.45) is 1.53. The lowest BCUT2D eigenvalue weighted by Gasteiger charge is -2.12. The summed E-state index contributed by atoms with van der Waals surface area (Å²) in [6, 6.07) is 28.7. The summed E-state index contributed by atoms with van der Waals surface area (Å²) < 4.78 is 1.93. The largest absolute Gasteiger partial charge is 0.481 e. The molecule has 0 amide bonds. The average Bonchev–Trinajstić information content (AvgIpc) is 2.81. The number of aliphatic carboxylic acids is 1. The van der Waals surface area contributed by atoms with Crippen LogP contribution in [-0.4, -0.2) is 22.7 Å². The van der Waals surface area contributed by atoms with Gasteiger partial charge in [0, 0.05) is 23.8 Å². The molecule has 3 aromatic carbocycles. The number of carboxylic acids is 1. The Labute approximate surface area is 182 Å². The van der Waals surface area contributed by atoms with Crippen molar-refractivity contribution in [3.63, 3.8) is 0 Å². The van der Waals surface area contributed by atoms with Crippen LogP contribution in [0.25, 0.3) is 22.0 Å². The molecule has 0 aliphatic rings. The Morgan fingerprint density at radius 2 is 1.52 bits per heavy atom. The predicted octanol–water partition coefficient (Wildman–Crippen LogP) is 4.71. The Kier molecular flexibility index (Phi) is 6.53. The maximum absolute atomic E-state index is 11.1. The van der Waals surface area contributed by atoms with Crippen molar-refractivity contribution in [1.29, 1.82) is 0 Å². The first-order chi connectivity index (χ1) is 15.2. The molecule has 0 fully saturated rings. The summed E-state index contributed by atoms with van der Waals surface area (Å²) in [5.74, 6) is 0.139. The fraction of sp³-hybridized carbons (Fsp3) is 0.192. The molecule has 0 aliphatic heterocycles. The quantitative estimate of drug-likeness (QED) is 0.391. The van der Waals surface area contributed by atoms with Gasteiger partial charge in [-0.1, -0.05) is 84.0 Å². The number of anilines is 1. The zero-order chi connectivity index (χ0) is 21.5. The van der Waals surface area contributed by atoms with E-state index >= 15 is 0 Å². The fourth-order valence-electron chi connectivity index (χ4n) is 3.77. The highest BCUT2D eigenvalue weighted by atomic mass is 16.4. The molecule has 4 aromatic rings. The van der Waals surface area contributed by atoms with Crippen molar-refractivity contribution in [3.8, 4) is 11.3 Å². The Bertz CT molecular complexity index is 1160. The maximum Gasteiger partial charge on any atom is 0.303 e. The number of carboxylic acid groups (broad SMARTS) is 1. The van der Waals surface area contributed by atoms with Crippen LogP contribution < -0.4 is 10.00 Å². The van der Waals surface area contributed by atoms with Crippen molar-refractivity contribution in [3.05, 3.63) is 90.5 Å². The van der Waals surface area contributed by atoms with Gasteiger partial charge in [-0.15, -0.1) is 4.68 Å². The van der Waals surface area contributed by atoms with Gasteiger partial charge in [-0.25, -0.2) is 0 Å². The minimum Gasteiger partial charge on any atom is -0.481 e. The third kappa shape index (κ3) is 5.07. The van der Waals surface area contributed by atoms with Crippen LogP contribution in [0, 0.1) is 0 Å². The lowest BCUT2D eigenvalue weighted by molar-refractivity contribution is -0.739. The van der Waals surface area contributed by atoms with E-state index in [4.69, 9.17) is 10.2 Å². The molecule has 0 aliphatic carbocycles. The lowest BCUT2D eigenvalue weighted by atomic mass is 10.0. The summed E-state index contributed by atoms with van der Waals surface area (Å²) in [5, 5.41) is 19.8. The summed E-state index contributed by atoms with van der Waals surface area (Å²) in [7, 11) is 0. The second-order valence-electron chi connectivity index (χ2n) is 7.49. The number of nitrogens with zero attached hydrogens (tertiary/aromatic N) is 2. The number of benzene rings is 3. The summed E-state index contributed by atoms with van der Waals surface area (Å²) in [6.45, 7) is 1.30. The Balaban J connectivity index is 1.72. The highest BCUT2D eigenvalue weighted by molar-refractivity contribution is 5.98. The third-order valence-corrected chi connectivity index (χ3v) is 5.27. The summed E-state index contributed by atoms with van der Waals surface area (Å²) in [4.78, 5) is 11.1. The monoisotopic (exact) mass is 412 g/mol. The number of hydrogen-bond donors (Lipinski definition) is 2. The number of rotatable bonds is 9. The number of hydrogen-bond acceptors (Lipinski definition) is 3. The Morgan fingerprint density at radius 3 is 2.23 bits per heavy atom. The number of aromatic nitrogens is 2. The normalized spacial score (nSPS) is 10.8. The smallest absolute Gasteiger partial charge is 0.303 e. The highest BCUT2D eigenvalue weighted by Crippen LogP contribution is 2.29. The van der Waals surface area contributed by atoms with E-state index in [1.54, 1.807) is 0 Å². The average molecular weight is 413 g/mol. The molecule has 4 rings (SSSR count). The number of carbonyl (C=O) groups is 1. The van der Waals surface area contributed by atoms with Crippen LogP contribution in [-0.2, 0) is 17.8 Å². The molecule has 0 bridgehead atoms. The zero-order valence-corrected chi connectivity index (χ0v) is 17.4. The molecular weight excluding hydrogens is 386 g/mol. The predicted molar refractivity (Wildman–Crippen MR) is 123 cm³/mol. The standard InChI is InChI=1S/C26H25N3O2/c30-24(31)16-9-19-29-26(27-18-17-20-10-3-1-4-11-20)23-15-8-7-14-22(23)25(28-29)21-12-5-2-6-13-21/h1-8,10-15H,9,16-19H2,(H,30,31)/p+1. The molecular formula is C26H26N3O2+.